The van der Waals surface area contributed by atoms with Gasteiger partial charge in [0.2, 0.25) is 0 Å². The maximum atomic E-state index is 10.2. The summed E-state index contributed by atoms with van der Waals surface area (Å²) in [7, 11) is 0. The molecule has 0 atom stereocenters. The second-order valence-corrected chi connectivity index (χ2v) is 5.43. The number of hydrogen-bond acceptors (Lipinski definition) is 2. The van der Waals surface area contributed by atoms with Gasteiger partial charge in [-0.3, -0.25) is 0 Å². The first-order chi connectivity index (χ1) is 9.81. The van der Waals surface area contributed by atoms with E-state index in [2.05, 4.69) is 36.1 Å². The lowest BCUT2D eigenvalue weighted by molar-refractivity contribution is -0.107. The van der Waals surface area contributed by atoms with Gasteiger partial charge in [0.1, 0.15) is 6.29 Å². The molecule has 0 radical (unpaired) electrons. The fourth-order valence-corrected chi connectivity index (χ4v) is 2.56. The molecule has 1 aromatic carbocycles. The highest BCUT2D eigenvalue weighted by molar-refractivity contribution is 6.18. The molecule has 3 heteroatoms. The zero-order valence-electron chi connectivity index (χ0n) is 12.5. The number of rotatable bonds is 11. The molecule has 0 N–H and O–H groups in total. The van der Waals surface area contributed by atoms with Crippen LogP contribution >= 0.6 is 11.6 Å². The predicted molar refractivity (Wildman–Crippen MR) is 87.9 cm³/mol. The average molecular weight is 296 g/mol. The van der Waals surface area contributed by atoms with Gasteiger partial charge in [-0.15, -0.1) is 11.6 Å². The van der Waals surface area contributed by atoms with Gasteiger partial charge in [-0.05, 0) is 43.9 Å². The SMILES string of the molecule is CCN(CCCl)c1ccc(CCCCCCC=O)cc1. The Hall–Kier alpha value is -1.02. The van der Waals surface area contributed by atoms with Crippen LogP contribution in [0.5, 0.6) is 0 Å². The Bertz CT molecular complexity index is 364. The summed E-state index contributed by atoms with van der Waals surface area (Å²) in [5, 5.41) is 0. The number of benzene rings is 1. The molecule has 112 valence electrons. The third-order valence-electron chi connectivity index (χ3n) is 3.58. The summed E-state index contributed by atoms with van der Waals surface area (Å²) in [6.45, 7) is 4.04. The quantitative estimate of drug-likeness (QED) is 0.342. The van der Waals surface area contributed by atoms with E-state index in [9.17, 15) is 4.79 Å². The molecule has 0 amide bonds. The number of alkyl halides is 1. The lowest BCUT2D eigenvalue weighted by Gasteiger charge is -2.22. The Morgan fingerprint density at radius 1 is 1.10 bits per heavy atom. The standard InChI is InChI=1S/C17H26ClNO/c1-2-19(14-13-18)17-11-9-16(10-12-17)8-6-4-3-5-7-15-20/h9-12,15H,2-8,13-14H2,1H3. The average Bonchev–Trinajstić information content (AvgIpc) is 2.49. The van der Waals surface area contributed by atoms with Crippen molar-refractivity contribution in [1.29, 1.82) is 0 Å². The third-order valence-corrected chi connectivity index (χ3v) is 3.74. The molecule has 2 nitrogen and oxygen atoms in total. The molecule has 0 fully saturated rings. The summed E-state index contributed by atoms with van der Waals surface area (Å²) in [5.41, 5.74) is 2.65. The van der Waals surface area contributed by atoms with Crippen LogP contribution < -0.4 is 4.90 Å². The first kappa shape index (κ1) is 17.0. The minimum Gasteiger partial charge on any atom is -0.371 e. The molecule has 0 aliphatic heterocycles. The molecule has 0 aliphatic rings. The molecule has 0 saturated heterocycles. The molecule has 0 aromatic heterocycles. The second-order valence-electron chi connectivity index (χ2n) is 5.05. The normalized spacial score (nSPS) is 10.5. The Kier molecular flexibility index (Phi) is 9.14. The van der Waals surface area contributed by atoms with E-state index in [1.165, 1.54) is 24.1 Å². The van der Waals surface area contributed by atoms with E-state index in [1.807, 2.05) is 0 Å². The molecule has 0 saturated carbocycles. The fourth-order valence-electron chi connectivity index (χ4n) is 2.36. The molecule has 0 bridgehead atoms. The van der Waals surface area contributed by atoms with Crippen LogP contribution in [-0.4, -0.2) is 25.3 Å². The first-order valence-electron chi connectivity index (χ1n) is 7.65. The first-order valence-corrected chi connectivity index (χ1v) is 8.18. The Balaban J connectivity index is 2.32. The maximum absolute atomic E-state index is 10.2. The monoisotopic (exact) mass is 295 g/mol. The van der Waals surface area contributed by atoms with Crippen molar-refractivity contribution in [3.05, 3.63) is 29.8 Å². The molecule has 0 aliphatic carbocycles. The van der Waals surface area contributed by atoms with Gasteiger partial charge in [0.05, 0.1) is 0 Å². The summed E-state index contributed by atoms with van der Waals surface area (Å²) in [6, 6.07) is 8.82. The molecule has 0 heterocycles. The number of carbonyl (C=O) groups excluding carboxylic acids is 1. The topological polar surface area (TPSA) is 20.3 Å². The molecular weight excluding hydrogens is 270 g/mol. The van der Waals surface area contributed by atoms with Crippen molar-refractivity contribution in [2.24, 2.45) is 0 Å². The van der Waals surface area contributed by atoms with E-state index in [0.717, 1.165) is 38.6 Å². The van der Waals surface area contributed by atoms with E-state index in [1.54, 1.807) is 0 Å². The maximum Gasteiger partial charge on any atom is 0.119 e. The van der Waals surface area contributed by atoms with Gasteiger partial charge in [0.15, 0.2) is 0 Å². The molecule has 1 aromatic rings. The highest BCUT2D eigenvalue weighted by Crippen LogP contribution is 2.17. The van der Waals surface area contributed by atoms with Crippen molar-refractivity contribution in [1.82, 2.24) is 0 Å². The second kappa shape index (κ2) is 10.7. The summed E-state index contributed by atoms with van der Waals surface area (Å²) >= 11 is 5.81. The smallest absolute Gasteiger partial charge is 0.119 e. The summed E-state index contributed by atoms with van der Waals surface area (Å²) < 4.78 is 0. The van der Waals surface area contributed by atoms with Crippen LogP contribution in [0.4, 0.5) is 5.69 Å². The van der Waals surface area contributed by atoms with Gasteiger partial charge < -0.3 is 9.69 Å². The van der Waals surface area contributed by atoms with Crippen molar-refractivity contribution in [3.63, 3.8) is 0 Å². The van der Waals surface area contributed by atoms with Crippen molar-refractivity contribution >= 4 is 23.6 Å². The Morgan fingerprint density at radius 3 is 2.40 bits per heavy atom. The van der Waals surface area contributed by atoms with E-state index in [0.29, 0.717) is 12.3 Å². The van der Waals surface area contributed by atoms with Crippen LogP contribution in [0.2, 0.25) is 0 Å². The van der Waals surface area contributed by atoms with Crippen LogP contribution in [0.15, 0.2) is 24.3 Å². The minimum absolute atomic E-state index is 0.663. The highest BCUT2D eigenvalue weighted by Gasteiger charge is 2.03. The summed E-state index contributed by atoms with van der Waals surface area (Å²) in [6.07, 6.45) is 7.47. The number of hydrogen-bond donors (Lipinski definition) is 0. The molecule has 0 spiro atoms. The summed E-state index contributed by atoms with van der Waals surface area (Å²) in [4.78, 5) is 12.5. The van der Waals surface area contributed by atoms with E-state index in [-0.39, 0.29) is 0 Å². The van der Waals surface area contributed by atoms with E-state index >= 15 is 0 Å². The number of unbranched alkanes of at least 4 members (excludes halogenated alkanes) is 4. The van der Waals surface area contributed by atoms with E-state index < -0.39 is 0 Å². The van der Waals surface area contributed by atoms with Gasteiger partial charge in [0.25, 0.3) is 0 Å². The number of aldehydes is 1. The van der Waals surface area contributed by atoms with Crippen molar-refractivity contribution in [2.45, 2.75) is 45.4 Å². The highest BCUT2D eigenvalue weighted by atomic mass is 35.5. The fraction of sp³-hybridized carbons (Fsp3) is 0.588. The minimum atomic E-state index is 0.663. The number of carbonyl (C=O) groups is 1. The third kappa shape index (κ3) is 6.42. The van der Waals surface area contributed by atoms with Gasteiger partial charge >= 0.3 is 0 Å². The number of aryl methyl sites for hydroxylation is 1. The Labute approximate surface area is 128 Å². The molecule has 20 heavy (non-hydrogen) atoms. The van der Waals surface area contributed by atoms with Crippen LogP contribution in [0, 0.1) is 0 Å². The number of nitrogens with zero attached hydrogens (tertiary/aromatic N) is 1. The zero-order chi connectivity index (χ0) is 14.6. The Morgan fingerprint density at radius 2 is 1.80 bits per heavy atom. The lowest BCUT2D eigenvalue weighted by Crippen LogP contribution is -2.24. The zero-order valence-corrected chi connectivity index (χ0v) is 13.2. The van der Waals surface area contributed by atoms with Crippen LogP contribution in [0.1, 0.15) is 44.6 Å². The number of anilines is 1. The molecular formula is C17H26ClNO. The largest absolute Gasteiger partial charge is 0.371 e. The van der Waals surface area contributed by atoms with Gasteiger partial charge in [-0.2, -0.15) is 0 Å². The molecule has 1 rings (SSSR count). The predicted octanol–water partition coefficient (Wildman–Crippen LogP) is 4.44. The van der Waals surface area contributed by atoms with Crippen LogP contribution in [0.3, 0.4) is 0 Å². The summed E-state index contributed by atoms with van der Waals surface area (Å²) in [5.74, 6) is 0.663. The van der Waals surface area contributed by atoms with Gasteiger partial charge in [-0.1, -0.05) is 25.0 Å². The van der Waals surface area contributed by atoms with Crippen molar-refractivity contribution in [2.75, 3.05) is 23.9 Å². The van der Waals surface area contributed by atoms with Crippen LogP contribution in [-0.2, 0) is 11.2 Å². The van der Waals surface area contributed by atoms with E-state index in [4.69, 9.17) is 11.6 Å². The van der Waals surface area contributed by atoms with Crippen molar-refractivity contribution in [3.8, 4) is 0 Å². The van der Waals surface area contributed by atoms with Crippen molar-refractivity contribution < 1.29 is 4.79 Å². The van der Waals surface area contributed by atoms with Gasteiger partial charge in [0, 0.05) is 31.1 Å². The van der Waals surface area contributed by atoms with Crippen LogP contribution in [0.25, 0.3) is 0 Å². The number of halogens is 1. The van der Waals surface area contributed by atoms with Gasteiger partial charge in [-0.25, -0.2) is 0 Å². The molecule has 0 unspecified atom stereocenters. The lowest BCUT2D eigenvalue weighted by atomic mass is 10.1.